The van der Waals surface area contributed by atoms with Crippen LogP contribution in [0.2, 0.25) is 0 Å². The Morgan fingerprint density at radius 1 is 1.33 bits per heavy atom. The van der Waals surface area contributed by atoms with Crippen molar-refractivity contribution in [1.29, 1.82) is 0 Å². The molecule has 0 amide bonds. The van der Waals surface area contributed by atoms with E-state index in [0.29, 0.717) is 11.3 Å². The summed E-state index contributed by atoms with van der Waals surface area (Å²) in [5.74, 6) is -0.829. The number of sulfonamides is 1. The number of hydrogen-bond donors (Lipinski definition) is 2. The van der Waals surface area contributed by atoms with Crippen molar-refractivity contribution in [2.75, 3.05) is 4.72 Å². The largest absolute Gasteiger partial charge is 0.392 e. The van der Waals surface area contributed by atoms with E-state index in [4.69, 9.17) is 5.11 Å². The molecule has 0 radical (unpaired) electrons. The van der Waals surface area contributed by atoms with Crippen molar-refractivity contribution < 1.29 is 17.9 Å². The summed E-state index contributed by atoms with van der Waals surface area (Å²) in [6, 6.07) is 6.54. The van der Waals surface area contributed by atoms with Gasteiger partial charge in [-0.2, -0.15) is 0 Å². The molecule has 0 atom stereocenters. The minimum absolute atomic E-state index is 0.0985. The van der Waals surface area contributed by atoms with Crippen LogP contribution in [-0.2, 0) is 16.6 Å². The summed E-state index contributed by atoms with van der Waals surface area (Å²) in [6.07, 6.45) is 0. The molecule has 8 heteroatoms. The molecule has 1 aromatic carbocycles. The summed E-state index contributed by atoms with van der Waals surface area (Å²) in [6.45, 7) is 1.34. The minimum atomic E-state index is -4.08. The molecule has 1 aromatic heterocycles. The average Bonchev–Trinajstić information content (AvgIpc) is 2.42. The van der Waals surface area contributed by atoms with Gasteiger partial charge in [0.05, 0.1) is 12.3 Å². The number of hydrogen-bond acceptors (Lipinski definition) is 4. The summed E-state index contributed by atoms with van der Waals surface area (Å²) in [5, 5.41) is 8.90. The van der Waals surface area contributed by atoms with Gasteiger partial charge in [0.2, 0.25) is 0 Å². The Balaban J connectivity index is 2.36. The first-order valence-electron chi connectivity index (χ1n) is 5.89. The van der Waals surface area contributed by atoms with E-state index < -0.39 is 20.7 Å². The SMILES string of the molecule is Cc1nc(NS(=O)(=O)c2ccc(CO)cc2F)ccc1Br. The maximum absolute atomic E-state index is 13.8. The lowest BCUT2D eigenvalue weighted by atomic mass is 10.2. The first-order valence-corrected chi connectivity index (χ1v) is 8.16. The Hall–Kier alpha value is -1.51. The maximum atomic E-state index is 13.8. The van der Waals surface area contributed by atoms with Gasteiger partial charge in [-0.15, -0.1) is 0 Å². The van der Waals surface area contributed by atoms with Gasteiger partial charge in [0, 0.05) is 4.47 Å². The van der Waals surface area contributed by atoms with E-state index in [2.05, 4.69) is 25.6 Å². The fraction of sp³-hybridized carbons (Fsp3) is 0.154. The van der Waals surface area contributed by atoms with E-state index in [1.165, 1.54) is 12.1 Å². The number of pyridine rings is 1. The predicted octanol–water partition coefficient (Wildman–Crippen LogP) is 2.58. The Morgan fingerprint density at radius 3 is 2.62 bits per heavy atom. The number of halogens is 2. The van der Waals surface area contributed by atoms with Crippen LogP contribution >= 0.6 is 15.9 Å². The highest BCUT2D eigenvalue weighted by Gasteiger charge is 2.20. The van der Waals surface area contributed by atoms with Crippen LogP contribution in [0.4, 0.5) is 10.2 Å². The molecule has 0 saturated carbocycles. The summed E-state index contributed by atoms with van der Waals surface area (Å²) in [4.78, 5) is 3.55. The number of nitrogens with one attached hydrogen (secondary N) is 1. The second-order valence-electron chi connectivity index (χ2n) is 4.29. The number of rotatable bonds is 4. The van der Waals surface area contributed by atoms with Crippen LogP contribution in [0.3, 0.4) is 0 Å². The Bertz CT molecular complexity index is 781. The van der Waals surface area contributed by atoms with Crippen molar-refractivity contribution in [3.63, 3.8) is 0 Å². The van der Waals surface area contributed by atoms with Crippen LogP contribution in [-0.4, -0.2) is 18.5 Å². The molecule has 0 saturated heterocycles. The van der Waals surface area contributed by atoms with Crippen molar-refractivity contribution in [2.45, 2.75) is 18.4 Å². The fourth-order valence-corrected chi connectivity index (χ4v) is 2.94. The van der Waals surface area contributed by atoms with Crippen LogP contribution in [0.1, 0.15) is 11.3 Å². The molecule has 0 unspecified atom stereocenters. The molecular formula is C13H12BrFN2O3S. The number of benzene rings is 1. The Morgan fingerprint density at radius 2 is 2.05 bits per heavy atom. The topological polar surface area (TPSA) is 79.3 Å². The van der Waals surface area contributed by atoms with Gasteiger partial charge >= 0.3 is 0 Å². The normalized spacial score (nSPS) is 11.4. The lowest BCUT2D eigenvalue weighted by Gasteiger charge is -2.10. The molecule has 1 heterocycles. The van der Waals surface area contributed by atoms with Crippen molar-refractivity contribution in [3.05, 3.63) is 51.9 Å². The fourth-order valence-electron chi connectivity index (χ4n) is 1.65. The number of anilines is 1. The number of aryl methyl sites for hydroxylation is 1. The molecule has 0 aliphatic heterocycles. The molecule has 5 nitrogen and oxygen atoms in total. The second kappa shape index (κ2) is 6.08. The van der Waals surface area contributed by atoms with Crippen LogP contribution < -0.4 is 4.72 Å². The number of nitrogens with zero attached hydrogens (tertiary/aromatic N) is 1. The van der Waals surface area contributed by atoms with Gasteiger partial charge in [-0.1, -0.05) is 6.07 Å². The van der Waals surface area contributed by atoms with Gasteiger partial charge in [0.25, 0.3) is 10.0 Å². The smallest absolute Gasteiger partial charge is 0.265 e. The molecule has 0 aliphatic rings. The molecule has 0 aliphatic carbocycles. The molecule has 0 bridgehead atoms. The molecule has 0 spiro atoms. The first-order chi connectivity index (χ1) is 9.83. The van der Waals surface area contributed by atoms with Crippen molar-refractivity contribution in [1.82, 2.24) is 4.98 Å². The molecular weight excluding hydrogens is 363 g/mol. The first kappa shape index (κ1) is 15.9. The third kappa shape index (κ3) is 3.58. The number of aliphatic hydroxyl groups excluding tert-OH is 1. The lowest BCUT2D eigenvalue weighted by molar-refractivity contribution is 0.281. The van der Waals surface area contributed by atoms with Crippen molar-refractivity contribution in [2.24, 2.45) is 0 Å². The van der Waals surface area contributed by atoms with Gasteiger partial charge in [-0.05, 0) is 52.7 Å². The highest BCUT2D eigenvalue weighted by atomic mass is 79.9. The summed E-state index contributed by atoms with van der Waals surface area (Å²) in [5.41, 5.74) is 0.898. The van der Waals surface area contributed by atoms with E-state index in [1.807, 2.05) is 0 Å². The average molecular weight is 375 g/mol. The quantitative estimate of drug-likeness (QED) is 0.861. The van der Waals surface area contributed by atoms with E-state index in [-0.39, 0.29) is 12.4 Å². The van der Waals surface area contributed by atoms with E-state index in [1.54, 1.807) is 13.0 Å². The molecule has 2 aromatic rings. The van der Waals surface area contributed by atoms with E-state index >= 15 is 0 Å². The zero-order chi connectivity index (χ0) is 15.6. The zero-order valence-electron chi connectivity index (χ0n) is 11.0. The standard InChI is InChI=1S/C13H12BrFN2O3S/c1-8-10(14)3-5-13(16-8)17-21(19,20)12-4-2-9(7-18)6-11(12)15/h2-6,18H,7H2,1H3,(H,16,17). The Labute approximate surface area is 130 Å². The van der Waals surface area contributed by atoms with Crippen molar-refractivity contribution in [3.8, 4) is 0 Å². The van der Waals surface area contributed by atoms with Gasteiger partial charge in [-0.25, -0.2) is 17.8 Å². The third-order valence-electron chi connectivity index (χ3n) is 2.73. The van der Waals surface area contributed by atoms with Crippen LogP contribution in [0, 0.1) is 12.7 Å². The summed E-state index contributed by atoms with van der Waals surface area (Å²) in [7, 11) is -4.08. The van der Waals surface area contributed by atoms with Gasteiger partial charge < -0.3 is 5.11 Å². The highest BCUT2D eigenvalue weighted by Crippen LogP contribution is 2.21. The zero-order valence-corrected chi connectivity index (χ0v) is 13.4. The maximum Gasteiger partial charge on any atom is 0.265 e. The van der Waals surface area contributed by atoms with Gasteiger partial charge in [-0.3, -0.25) is 4.72 Å². The second-order valence-corrected chi connectivity index (χ2v) is 6.80. The number of aliphatic hydroxyl groups is 1. The minimum Gasteiger partial charge on any atom is -0.392 e. The van der Waals surface area contributed by atoms with E-state index in [9.17, 15) is 12.8 Å². The predicted molar refractivity (Wildman–Crippen MR) is 79.8 cm³/mol. The molecule has 21 heavy (non-hydrogen) atoms. The summed E-state index contributed by atoms with van der Waals surface area (Å²) >= 11 is 3.26. The molecule has 2 rings (SSSR count). The highest BCUT2D eigenvalue weighted by molar-refractivity contribution is 9.10. The molecule has 2 N–H and O–H groups in total. The van der Waals surface area contributed by atoms with Gasteiger partial charge in [0.15, 0.2) is 0 Å². The Kier molecular flexibility index (Phi) is 4.60. The van der Waals surface area contributed by atoms with E-state index in [0.717, 1.165) is 16.6 Å². The summed E-state index contributed by atoms with van der Waals surface area (Å²) < 4.78 is 41.1. The van der Waals surface area contributed by atoms with Crippen molar-refractivity contribution >= 4 is 31.8 Å². The van der Waals surface area contributed by atoms with Gasteiger partial charge in [0.1, 0.15) is 16.5 Å². The van der Waals surface area contributed by atoms with Crippen LogP contribution in [0.5, 0.6) is 0 Å². The lowest BCUT2D eigenvalue weighted by Crippen LogP contribution is -2.16. The monoisotopic (exact) mass is 374 g/mol. The van der Waals surface area contributed by atoms with Crippen LogP contribution in [0.15, 0.2) is 39.7 Å². The van der Waals surface area contributed by atoms with Crippen LogP contribution in [0.25, 0.3) is 0 Å². The number of aromatic nitrogens is 1. The molecule has 112 valence electrons. The third-order valence-corrected chi connectivity index (χ3v) is 4.95. The molecule has 0 fully saturated rings.